The number of nitrogens with zero attached hydrogens (tertiary/aromatic N) is 1. The molecule has 3 aromatic rings. The van der Waals surface area contributed by atoms with Gasteiger partial charge in [-0.3, -0.25) is 9.59 Å². The van der Waals surface area contributed by atoms with Gasteiger partial charge >= 0.3 is 6.36 Å². The lowest BCUT2D eigenvalue weighted by Gasteiger charge is -2.22. The minimum Gasteiger partial charge on any atom is -0.468 e. The van der Waals surface area contributed by atoms with E-state index in [9.17, 15) is 22.8 Å². The summed E-state index contributed by atoms with van der Waals surface area (Å²) < 4.78 is 46.1. The van der Waals surface area contributed by atoms with Crippen molar-refractivity contribution >= 4 is 35.0 Å². The lowest BCUT2D eigenvalue weighted by Crippen LogP contribution is -2.38. The molecule has 0 fully saturated rings. The van der Waals surface area contributed by atoms with Crippen LogP contribution in [0.15, 0.2) is 76.2 Å². The predicted octanol–water partition coefficient (Wildman–Crippen LogP) is 5.39. The van der Waals surface area contributed by atoms with Crippen LogP contribution in [0.3, 0.4) is 0 Å². The molecule has 1 N–H and O–H groups in total. The summed E-state index contributed by atoms with van der Waals surface area (Å²) in [5, 5.41) is 2.37. The highest BCUT2D eigenvalue weighted by Gasteiger charge is 2.32. The van der Waals surface area contributed by atoms with Crippen LogP contribution in [0.4, 0.5) is 24.5 Å². The van der Waals surface area contributed by atoms with Crippen LogP contribution in [-0.2, 0) is 9.59 Å². The number of rotatable bonds is 5. The Hall–Kier alpha value is -3.40. The second-order valence-electron chi connectivity index (χ2n) is 6.89. The second-order valence-corrected chi connectivity index (χ2v) is 8.14. The summed E-state index contributed by atoms with van der Waals surface area (Å²) in [6.45, 7) is -0.248. The van der Waals surface area contributed by atoms with Gasteiger partial charge in [-0.2, -0.15) is 0 Å². The van der Waals surface area contributed by atoms with Crippen LogP contribution in [0.1, 0.15) is 17.4 Å². The topological polar surface area (TPSA) is 71.8 Å². The van der Waals surface area contributed by atoms with Gasteiger partial charge in [0.2, 0.25) is 11.8 Å². The average molecular weight is 462 g/mol. The Morgan fingerprint density at radius 3 is 2.56 bits per heavy atom. The number of amides is 2. The number of furan rings is 1. The van der Waals surface area contributed by atoms with E-state index >= 15 is 0 Å². The Labute approximate surface area is 185 Å². The van der Waals surface area contributed by atoms with Gasteiger partial charge in [0, 0.05) is 17.0 Å². The van der Waals surface area contributed by atoms with Crippen LogP contribution in [0, 0.1) is 0 Å². The molecule has 0 aliphatic carbocycles. The zero-order chi connectivity index (χ0) is 22.7. The monoisotopic (exact) mass is 462 g/mol. The van der Waals surface area contributed by atoms with Gasteiger partial charge in [-0.15, -0.1) is 24.9 Å². The van der Waals surface area contributed by atoms with Crippen LogP contribution in [0.2, 0.25) is 0 Å². The van der Waals surface area contributed by atoms with Gasteiger partial charge in [-0.1, -0.05) is 12.1 Å². The van der Waals surface area contributed by atoms with E-state index in [4.69, 9.17) is 4.42 Å². The number of para-hydroxylation sites is 1. The maximum atomic E-state index is 13.0. The molecule has 32 heavy (non-hydrogen) atoms. The van der Waals surface area contributed by atoms with Crippen LogP contribution in [-0.4, -0.2) is 24.7 Å². The minimum absolute atomic E-state index is 0.142. The van der Waals surface area contributed by atoms with Gasteiger partial charge in [-0.25, -0.2) is 0 Å². The zero-order valence-electron chi connectivity index (χ0n) is 16.5. The number of halogens is 3. The fourth-order valence-electron chi connectivity index (χ4n) is 3.27. The van der Waals surface area contributed by atoms with E-state index in [1.165, 1.54) is 28.8 Å². The first-order chi connectivity index (χ1) is 15.3. The number of benzene rings is 2. The number of alkyl halides is 3. The number of thioether (sulfide) groups is 1. The number of anilines is 2. The van der Waals surface area contributed by atoms with E-state index in [0.717, 1.165) is 17.0 Å². The van der Waals surface area contributed by atoms with Gasteiger partial charge in [0.25, 0.3) is 0 Å². The summed E-state index contributed by atoms with van der Waals surface area (Å²) in [6.07, 6.45) is -3.10. The number of hydrogen-bond donors (Lipinski definition) is 1. The Bertz CT molecular complexity index is 1100. The van der Waals surface area contributed by atoms with Crippen LogP contribution in [0.5, 0.6) is 5.75 Å². The van der Waals surface area contributed by atoms with Crippen molar-refractivity contribution in [1.82, 2.24) is 0 Å². The summed E-state index contributed by atoms with van der Waals surface area (Å²) in [4.78, 5) is 27.9. The number of carbonyl (C=O) groups is 2. The first-order valence-electron chi connectivity index (χ1n) is 9.53. The number of hydrogen-bond acceptors (Lipinski definition) is 5. The summed E-state index contributed by atoms with van der Waals surface area (Å²) in [7, 11) is 0. The molecule has 2 heterocycles. The highest BCUT2D eigenvalue weighted by atomic mass is 32.2. The molecule has 0 unspecified atom stereocenters. The molecule has 2 amide bonds. The number of nitrogens with one attached hydrogen (secondary N) is 1. The third-order valence-electron chi connectivity index (χ3n) is 4.62. The molecular formula is C22H17F3N2O4S. The molecule has 166 valence electrons. The Morgan fingerprint density at radius 1 is 1.12 bits per heavy atom. The maximum absolute atomic E-state index is 13.0. The SMILES string of the molecule is O=C(CN1C(=O)C[C@H](c2ccco2)Sc2ccccc21)Nc1ccc(OC(F)(F)F)cc1. The molecule has 10 heteroatoms. The van der Waals surface area contributed by atoms with Gasteiger partial charge in [0.15, 0.2) is 0 Å². The molecule has 1 aliphatic rings. The fourth-order valence-corrected chi connectivity index (χ4v) is 4.51. The quantitative estimate of drug-likeness (QED) is 0.551. The third-order valence-corrected chi connectivity index (χ3v) is 5.90. The van der Waals surface area contributed by atoms with Crippen LogP contribution < -0.4 is 15.0 Å². The van der Waals surface area contributed by atoms with E-state index in [1.54, 1.807) is 24.5 Å². The van der Waals surface area contributed by atoms with Gasteiger partial charge in [-0.05, 0) is 48.5 Å². The largest absolute Gasteiger partial charge is 0.573 e. The molecule has 1 atom stereocenters. The smallest absolute Gasteiger partial charge is 0.468 e. The number of carbonyl (C=O) groups excluding carboxylic acids is 2. The Kier molecular flexibility index (Phi) is 6.13. The number of fused-ring (bicyclic) bond motifs is 1. The predicted molar refractivity (Wildman–Crippen MR) is 112 cm³/mol. The molecule has 4 rings (SSSR count). The maximum Gasteiger partial charge on any atom is 0.573 e. The highest BCUT2D eigenvalue weighted by molar-refractivity contribution is 7.99. The van der Waals surface area contributed by atoms with E-state index in [1.807, 2.05) is 18.2 Å². The van der Waals surface area contributed by atoms with Crippen LogP contribution >= 0.6 is 11.8 Å². The van der Waals surface area contributed by atoms with Crippen molar-refractivity contribution in [2.24, 2.45) is 0 Å². The van der Waals surface area contributed by atoms with Crippen molar-refractivity contribution in [2.75, 3.05) is 16.8 Å². The van der Waals surface area contributed by atoms with E-state index in [0.29, 0.717) is 11.4 Å². The van der Waals surface area contributed by atoms with E-state index in [2.05, 4.69) is 10.1 Å². The van der Waals surface area contributed by atoms with Gasteiger partial charge in [0.1, 0.15) is 18.1 Å². The fraction of sp³-hybridized carbons (Fsp3) is 0.182. The lowest BCUT2D eigenvalue weighted by molar-refractivity contribution is -0.274. The van der Waals surface area contributed by atoms with Gasteiger partial charge in [0.05, 0.1) is 17.2 Å². The number of ether oxygens (including phenoxy) is 1. The molecule has 2 aromatic carbocycles. The van der Waals surface area contributed by atoms with Crippen molar-refractivity contribution in [3.8, 4) is 5.75 Å². The molecule has 0 saturated carbocycles. The second kappa shape index (κ2) is 8.99. The standard InChI is InChI=1S/C22H17F3N2O4S/c23-22(24,25)31-15-9-7-14(8-10-15)26-20(28)13-27-16-4-1-2-6-18(16)32-19(12-21(27)29)17-5-3-11-30-17/h1-11,19H,12-13H2,(H,26,28)/t19-/m1/s1. The first kappa shape index (κ1) is 21.8. The van der Waals surface area contributed by atoms with Gasteiger partial charge < -0.3 is 19.4 Å². The lowest BCUT2D eigenvalue weighted by atomic mass is 10.2. The van der Waals surface area contributed by atoms with E-state index < -0.39 is 18.0 Å². The zero-order valence-corrected chi connectivity index (χ0v) is 17.3. The summed E-state index contributed by atoms with van der Waals surface area (Å²) in [6, 6.07) is 15.6. The summed E-state index contributed by atoms with van der Waals surface area (Å²) in [5.41, 5.74) is 0.892. The molecular weight excluding hydrogens is 445 g/mol. The normalized spacial score (nSPS) is 16.3. The highest BCUT2D eigenvalue weighted by Crippen LogP contribution is 2.45. The summed E-state index contributed by atoms with van der Waals surface area (Å²) in [5.74, 6) is -0.453. The molecule has 0 spiro atoms. The molecule has 0 saturated heterocycles. The minimum atomic E-state index is -4.79. The molecule has 6 nitrogen and oxygen atoms in total. The van der Waals surface area contributed by atoms with Crippen molar-refractivity contribution in [3.63, 3.8) is 0 Å². The Morgan fingerprint density at radius 2 is 1.88 bits per heavy atom. The van der Waals surface area contributed by atoms with Crippen LogP contribution in [0.25, 0.3) is 0 Å². The molecule has 1 aliphatic heterocycles. The first-order valence-corrected chi connectivity index (χ1v) is 10.4. The third kappa shape index (κ3) is 5.25. The molecule has 1 aromatic heterocycles. The van der Waals surface area contributed by atoms with Crippen molar-refractivity contribution in [1.29, 1.82) is 0 Å². The molecule has 0 bridgehead atoms. The Balaban J connectivity index is 1.48. The van der Waals surface area contributed by atoms with Crippen molar-refractivity contribution < 1.29 is 31.9 Å². The average Bonchev–Trinajstić information content (AvgIpc) is 3.23. The van der Waals surface area contributed by atoms with Crippen molar-refractivity contribution in [2.45, 2.75) is 22.9 Å². The van der Waals surface area contributed by atoms with Crippen molar-refractivity contribution in [3.05, 3.63) is 72.7 Å². The van der Waals surface area contributed by atoms with E-state index in [-0.39, 0.29) is 29.8 Å². The summed E-state index contributed by atoms with van der Waals surface area (Å²) >= 11 is 1.49. The molecule has 0 radical (unpaired) electrons.